The van der Waals surface area contributed by atoms with Gasteiger partial charge < -0.3 is 4.42 Å². The maximum atomic E-state index is 12.5. The molecule has 0 aliphatic rings. The first-order valence-corrected chi connectivity index (χ1v) is 6.81. The van der Waals surface area contributed by atoms with E-state index in [0.29, 0.717) is 27.0 Å². The number of para-hydroxylation sites is 1. The van der Waals surface area contributed by atoms with Crippen molar-refractivity contribution in [3.05, 3.63) is 69.4 Å². The number of carbonyl (C=O) groups excluding carboxylic acids is 1. The zero-order chi connectivity index (χ0) is 14.3. The first-order chi connectivity index (χ1) is 9.58. The molecule has 0 radical (unpaired) electrons. The maximum Gasteiger partial charge on any atom is 0.229 e. The van der Waals surface area contributed by atoms with Gasteiger partial charge in [-0.1, -0.05) is 41.4 Å². The van der Waals surface area contributed by atoms with Crippen LogP contribution in [0.2, 0.25) is 10.0 Å². The molecule has 0 fully saturated rings. The van der Waals surface area contributed by atoms with Crippen molar-refractivity contribution in [2.45, 2.75) is 6.92 Å². The number of halogens is 2. The summed E-state index contributed by atoms with van der Waals surface area (Å²) in [5.74, 6) is 0.0794. The predicted octanol–water partition coefficient (Wildman–Crippen LogP) is 5.28. The molecule has 0 atom stereocenters. The van der Waals surface area contributed by atoms with Crippen molar-refractivity contribution in [2.24, 2.45) is 0 Å². The quantitative estimate of drug-likeness (QED) is 0.603. The molecule has 1 aromatic heterocycles. The summed E-state index contributed by atoms with van der Waals surface area (Å²) in [5, 5.41) is 1.75. The van der Waals surface area contributed by atoms with Crippen LogP contribution in [0, 0.1) is 6.92 Å². The van der Waals surface area contributed by atoms with Crippen LogP contribution in [0.25, 0.3) is 11.0 Å². The summed E-state index contributed by atoms with van der Waals surface area (Å²) in [6, 6.07) is 12.3. The van der Waals surface area contributed by atoms with Crippen LogP contribution in [0.15, 0.2) is 46.9 Å². The zero-order valence-corrected chi connectivity index (χ0v) is 12.1. The highest BCUT2D eigenvalue weighted by Gasteiger charge is 2.21. The van der Waals surface area contributed by atoms with Crippen molar-refractivity contribution < 1.29 is 9.21 Å². The van der Waals surface area contributed by atoms with Crippen LogP contribution in [-0.4, -0.2) is 5.78 Å². The van der Waals surface area contributed by atoms with Crippen LogP contribution in [0.1, 0.15) is 21.7 Å². The Hall–Kier alpha value is -1.77. The molecular formula is C16H10Cl2O2. The zero-order valence-electron chi connectivity index (χ0n) is 10.6. The van der Waals surface area contributed by atoms with Crippen molar-refractivity contribution in [1.29, 1.82) is 0 Å². The molecule has 0 spiro atoms. The van der Waals surface area contributed by atoms with Crippen molar-refractivity contribution in [3.8, 4) is 0 Å². The summed E-state index contributed by atoms with van der Waals surface area (Å²) >= 11 is 11.9. The smallest absolute Gasteiger partial charge is 0.229 e. The summed E-state index contributed by atoms with van der Waals surface area (Å²) in [6.07, 6.45) is 0. The second kappa shape index (κ2) is 4.97. The van der Waals surface area contributed by atoms with Gasteiger partial charge >= 0.3 is 0 Å². The third-order valence-corrected chi connectivity index (χ3v) is 3.77. The average molecular weight is 305 g/mol. The lowest BCUT2D eigenvalue weighted by molar-refractivity contribution is 0.101. The third kappa shape index (κ3) is 2.11. The van der Waals surface area contributed by atoms with Gasteiger partial charge in [0.25, 0.3) is 0 Å². The van der Waals surface area contributed by atoms with E-state index >= 15 is 0 Å². The minimum absolute atomic E-state index is 0.236. The van der Waals surface area contributed by atoms with E-state index in [-0.39, 0.29) is 5.78 Å². The molecule has 0 unspecified atom stereocenters. The molecule has 0 aliphatic heterocycles. The first kappa shape index (κ1) is 13.2. The Labute approximate surface area is 125 Å². The number of furan rings is 1. The van der Waals surface area contributed by atoms with Gasteiger partial charge in [-0.25, -0.2) is 0 Å². The molecule has 2 nitrogen and oxygen atoms in total. The summed E-state index contributed by atoms with van der Waals surface area (Å²) in [7, 11) is 0. The largest absolute Gasteiger partial charge is 0.452 e. The molecule has 0 N–H and O–H groups in total. The Bertz CT molecular complexity index is 818. The topological polar surface area (TPSA) is 30.2 Å². The van der Waals surface area contributed by atoms with Gasteiger partial charge in [-0.2, -0.15) is 0 Å². The van der Waals surface area contributed by atoms with Crippen molar-refractivity contribution in [1.82, 2.24) is 0 Å². The number of rotatable bonds is 2. The van der Waals surface area contributed by atoms with Crippen molar-refractivity contribution in [2.75, 3.05) is 0 Å². The highest BCUT2D eigenvalue weighted by molar-refractivity contribution is 6.37. The number of hydrogen-bond donors (Lipinski definition) is 0. The second-order valence-corrected chi connectivity index (χ2v) is 5.35. The second-order valence-electron chi connectivity index (χ2n) is 4.51. The molecule has 20 heavy (non-hydrogen) atoms. The number of benzene rings is 2. The van der Waals surface area contributed by atoms with Gasteiger partial charge in [0.2, 0.25) is 5.78 Å². The molecule has 1 heterocycles. The third-order valence-electron chi connectivity index (χ3n) is 3.23. The van der Waals surface area contributed by atoms with E-state index in [2.05, 4.69) is 0 Å². The summed E-state index contributed by atoms with van der Waals surface area (Å²) in [6.45, 7) is 1.86. The first-order valence-electron chi connectivity index (χ1n) is 6.06. The molecule has 0 amide bonds. The van der Waals surface area contributed by atoms with Gasteiger partial charge in [-0.05, 0) is 31.2 Å². The fourth-order valence-corrected chi connectivity index (χ4v) is 2.68. The van der Waals surface area contributed by atoms with E-state index in [9.17, 15) is 4.79 Å². The van der Waals surface area contributed by atoms with Gasteiger partial charge in [0, 0.05) is 21.5 Å². The monoisotopic (exact) mass is 304 g/mol. The summed E-state index contributed by atoms with van der Waals surface area (Å²) in [4.78, 5) is 12.5. The van der Waals surface area contributed by atoms with Gasteiger partial charge in [0.15, 0.2) is 5.76 Å². The molecule has 0 aliphatic carbocycles. The van der Waals surface area contributed by atoms with Crippen molar-refractivity contribution in [3.63, 3.8) is 0 Å². The lowest BCUT2D eigenvalue weighted by atomic mass is 10.0. The number of ketones is 1. The Morgan fingerprint density at radius 1 is 1.10 bits per heavy atom. The number of fused-ring (bicyclic) bond motifs is 1. The van der Waals surface area contributed by atoms with Gasteiger partial charge in [0.1, 0.15) is 5.58 Å². The Morgan fingerprint density at radius 3 is 2.55 bits per heavy atom. The maximum absolute atomic E-state index is 12.5. The number of hydrogen-bond acceptors (Lipinski definition) is 2. The van der Waals surface area contributed by atoms with E-state index in [1.54, 1.807) is 18.2 Å². The SMILES string of the molecule is Cc1c(C(=O)c2ccc(Cl)cc2Cl)oc2ccccc12. The number of carbonyl (C=O) groups is 1. The van der Waals surface area contributed by atoms with E-state index < -0.39 is 0 Å². The average Bonchev–Trinajstić information content (AvgIpc) is 2.76. The van der Waals surface area contributed by atoms with E-state index in [0.717, 1.165) is 10.9 Å². The molecule has 3 aromatic rings. The minimum Gasteiger partial charge on any atom is -0.452 e. The normalized spacial score (nSPS) is 10.9. The van der Waals surface area contributed by atoms with Crippen LogP contribution in [-0.2, 0) is 0 Å². The Balaban J connectivity index is 2.15. The molecule has 0 bridgehead atoms. The molecule has 4 heteroatoms. The van der Waals surface area contributed by atoms with E-state index in [1.807, 2.05) is 31.2 Å². The van der Waals surface area contributed by atoms with Crippen LogP contribution >= 0.6 is 23.2 Å². The van der Waals surface area contributed by atoms with Gasteiger partial charge in [-0.15, -0.1) is 0 Å². The van der Waals surface area contributed by atoms with Crippen LogP contribution in [0.3, 0.4) is 0 Å². The summed E-state index contributed by atoms with van der Waals surface area (Å²) in [5.41, 5.74) is 1.90. The van der Waals surface area contributed by atoms with Gasteiger partial charge in [-0.3, -0.25) is 4.79 Å². The van der Waals surface area contributed by atoms with Crippen molar-refractivity contribution >= 4 is 40.0 Å². The molecule has 100 valence electrons. The predicted molar refractivity (Wildman–Crippen MR) is 80.8 cm³/mol. The van der Waals surface area contributed by atoms with Crippen LogP contribution < -0.4 is 0 Å². The molecule has 3 rings (SSSR count). The number of aryl methyl sites for hydroxylation is 1. The van der Waals surface area contributed by atoms with E-state index in [1.165, 1.54) is 0 Å². The molecule has 0 saturated carbocycles. The standard InChI is InChI=1S/C16H10Cl2O2/c1-9-11-4-2-3-5-14(11)20-16(9)15(19)12-7-6-10(17)8-13(12)18/h2-8H,1H3. The highest BCUT2D eigenvalue weighted by atomic mass is 35.5. The van der Waals surface area contributed by atoms with Crippen LogP contribution in [0.5, 0.6) is 0 Å². The van der Waals surface area contributed by atoms with E-state index in [4.69, 9.17) is 27.6 Å². The highest BCUT2D eigenvalue weighted by Crippen LogP contribution is 2.29. The molecule has 0 saturated heterocycles. The van der Waals surface area contributed by atoms with Gasteiger partial charge in [0.05, 0.1) is 5.02 Å². The fraction of sp³-hybridized carbons (Fsp3) is 0.0625. The Morgan fingerprint density at radius 2 is 1.85 bits per heavy atom. The minimum atomic E-state index is -0.236. The lowest BCUT2D eigenvalue weighted by Gasteiger charge is -2.02. The summed E-state index contributed by atoms with van der Waals surface area (Å²) < 4.78 is 5.66. The molecular weight excluding hydrogens is 295 g/mol. The molecule has 2 aromatic carbocycles. The fourth-order valence-electron chi connectivity index (χ4n) is 2.19. The van der Waals surface area contributed by atoms with Crippen LogP contribution in [0.4, 0.5) is 0 Å². The lowest BCUT2D eigenvalue weighted by Crippen LogP contribution is -2.02. The Kier molecular flexibility index (Phi) is 3.28.